The zero-order valence-corrected chi connectivity index (χ0v) is 18.8. The lowest BCUT2D eigenvalue weighted by Crippen LogP contribution is -2.44. The summed E-state index contributed by atoms with van der Waals surface area (Å²) in [5.74, 6) is 2.16. The Labute approximate surface area is 190 Å². The third-order valence-electron chi connectivity index (χ3n) is 5.43. The molecule has 32 heavy (non-hydrogen) atoms. The second-order valence-corrected chi connectivity index (χ2v) is 8.06. The Hall–Kier alpha value is -2.97. The van der Waals surface area contributed by atoms with Crippen molar-refractivity contribution in [3.05, 3.63) is 54.7 Å². The SMILES string of the molecule is C=CC(=O)N1CCC[C@H](Nc2cc(CN(CCC)CCO)cc(Nc3ccccn3)n2)C1. The van der Waals surface area contributed by atoms with Crippen LogP contribution in [-0.2, 0) is 11.3 Å². The van der Waals surface area contributed by atoms with Crippen LogP contribution in [0.15, 0.2) is 49.2 Å². The summed E-state index contributed by atoms with van der Waals surface area (Å²) in [4.78, 5) is 25.2. The fourth-order valence-electron chi connectivity index (χ4n) is 4.00. The molecule has 172 valence electrons. The number of likely N-dealkylation sites (tertiary alicyclic amines) is 1. The van der Waals surface area contributed by atoms with Crippen molar-refractivity contribution < 1.29 is 9.90 Å². The van der Waals surface area contributed by atoms with E-state index < -0.39 is 0 Å². The highest BCUT2D eigenvalue weighted by Gasteiger charge is 2.22. The number of hydrogen-bond donors (Lipinski definition) is 3. The van der Waals surface area contributed by atoms with Gasteiger partial charge < -0.3 is 20.6 Å². The highest BCUT2D eigenvalue weighted by Crippen LogP contribution is 2.22. The average Bonchev–Trinajstić information content (AvgIpc) is 2.79. The van der Waals surface area contributed by atoms with E-state index in [1.165, 1.54) is 6.08 Å². The Balaban J connectivity index is 1.80. The lowest BCUT2D eigenvalue weighted by Gasteiger charge is -2.33. The molecule has 8 heteroatoms. The third kappa shape index (κ3) is 7.03. The molecule has 0 spiro atoms. The highest BCUT2D eigenvalue weighted by molar-refractivity contribution is 5.87. The molecule has 3 N–H and O–H groups in total. The van der Waals surface area contributed by atoms with Gasteiger partial charge in [0.25, 0.3) is 0 Å². The molecule has 0 unspecified atom stereocenters. The minimum absolute atomic E-state index is 0.0325. The first-order valence-electron chi connectivity index (χ1n) is 11.3. The van der Waals surface area contributed by atoms with Crippen LogP contribution in [0.3, 0.4) is 0 Å². The van der Waals surface area contributed by atoms with Gasteiger partial charge in [-0.2, -0.15) is 0 Å². The van der Waals surface area contributed by atoms with Crippen LogP contribution in [0, 0.1) is 0 Å². The van der Waals surface area contributed by atoms with Crippen LogP contribution >= 0.6 is 0 Å². The Bertz CT molecular complexity index is 870. The number of anilines is 3. The van der Waals surface area contributed by atoms with Gasteiger partial charge in [-0.15, -0.1) is 0 Å². The number of piperidine rings is 1. The van der Waals surface area contributed by atoms with Crippen molar-refractivity contribution in [3.63, 3.8) is 0 Å². The smallest absolute Gasteiger partial charge is 0.246 e. The van der Waals surface area contributed by atoms with Gasteiger partial charge in [0.05, 0.1) is 6.61 Å². The first kappa shape index (κ1) is 23.7. The molecule has 1 fully saturated rings. The van der Waals surface area contributed by atoms with E-state index in [0.29, 0.717) is 25.5 Å². The molecule has 3 rings (SSSR count). The summed E-state index contributed by atoms with van der Waals surface area (Å²) in [6, 6.07) is 9.90. The summed E-state index contributed by atoms with van der Waals surface area (Å²) in [5.41, 5.74) is 1.10. The molecule has 1 amide bonds. The van der Waals surface area contributed by atoms with Crippen LogP contribution in [0.25, 0.3) is 0 Å². The van der Waals surface area contributed by atoms with Gasteiger partial charge in [0.15, 0.2) is 0 Å². The first-order chi connectivity index (χ1) is 15.6. The Morgan fingerprint density at radius 1 is 1.31 bits per heavy atom. The Morgan fingerprint density at radius 2 is 2.16 bits per heavy atom. The van der Waals surface area contributed by atoms with Crippen molar-refractivity contribution in [1.82, 2.24) is 19.8 Å². The van der Waals surface area contributed by atoms with Crippen LogP contribution in [0.5, 0.6) is 0 Å². The average molecular weight is 439 g/mol. The molecule has 2 aromatic heterocycles. The maximum absolute atomic E-state index is 12.0. The number of aliphatic hydroxyl groups is 1. The minimum atomic E-state index is -0.0325. The van der Waals surface area contributed by atoms with Gasteiger partial charge >= 0.3 is 0 Å². The normalized spacial score (nSPS) is 16.1. The van der Waals surface area contributed by atoms with Crippen molar-refractivity contribution in [2.24, 2.45) is 0 Å². The lowest BCUT2D eigenvalue weighted by atomic mass is 10.1. The molecule has 0 aromatic carbocycles. The second kappa shape index (κ2) is 12.2. The van der Waals surface area contributed by atoms with Crippen molar-refractivity contribution in [2.75, 3.05) is 43.4 Å². The molecular weight excluding hydrogens is 404 g/mol. The molecule has 0 saturated carbocycles. The van der Waals surface area contributed by atoms with E-state index in [1.54, 1.807) is 6.20 Å². The molecule has 8 nitrogen and oxygen atoms in total. The largest absolute Gasteiger partial charge is 0.395 e. The Morgan fingerprint density at radius 3 is 2.88 bits per heavy atom. The van der Waals surface area contributed by atoms with Gasteiger partial charge in [-0.1, -0.05) is 19.6 Å². The molecule has 1 aliphatic rings. The zero-order chi connectivity index (χ0) is 22.8. The molecule has 3 heterocycles. The number of nitrogens with one attached hydrogen (secondary N) is 2. The van der Waals surface area contributed by atoms with E-state index >= 15 is 0 Å². The molecule has 1 saturated heterocycles. The number of carbonyl (C=O) groups excluding carboxylic acids is 1. The van der Waals surface area contributed by atoms with Gasteiger partial charge in [0, 0.05) is 38.4 Å². The number of rotatable bonds is 11. The van der Waals surface area contributed by atoms with Gasteiger partial charge in [-0.3, -0.25) is 9.69 Å². The van der Waals surface area contributed by atoms with Gasteiger partial charge in [-0.05, 0) is 61.7 Å². The molecule has 0 bridgehead atoms. The molecule has 0 radical (unpaired) electrons. The van der Waals surface area contributed by atoms with Crippen LogP contribution in [0.4, 0.5) is 17.5 Å². The minimum Gasteiger partial charge on any atom is -0.395 e. The van der Waals surface area contributed by atoms with Gasteiger partial charge in [0.1, 0.15) is 17.5 Å². The molecular formula is C24H34N6O2. The molecule has 0 aliphatic carbocycles. The van der Waals surface area contributed by atoms with E-state index in [-0.39, 0.29) is 18.6 Å². The summed E-state index contributed by atoms with van der Waals surface area (Å²) in [6.45, 7) is 9.52. The number of carbonyl (C=O) groups is 1. The maximum Gasteiger partial charge on any atom is 0.246 e. The number of pyridine rings is 2. The summed E-state index contributed by atoms with van der Waals surface area (Å²) in [7, 11) is 0. The summed E-state index contributed by atoms with van der Waals surface area (Å²) >= 11 is 0. The van der Waals surface area contributed by atoms with Crippen LogP contribution < -0.4 is 10.6 Å². The number of amides is 1. The van der Waals surface area contributed by atoms with E-state index in [2.05, 4.69) is 40.1 Å². The monoisotopic (exact) mass is 438 g/mol. The van der Waals surface area contributed by atoms with Gasteiger partial charge in [-0.25, -0.2) is 9.97 Å². The fraction of sp³-hybridized carbons (Fsp3) is 0.458. The molecule has 1 atom stereocenters. The third-order valence-corrected chi connectivity index (χ3v) is 5.43. The second-order valence-electron chi connectivity index (χ2n) is 8.06. The maximum atomic E-state index is 12.0. The van der Waals surface area contributed by atoms with Crippen molar-refractivity contribution in [1.29, 1.82) is 0 Å². The number of hydrogen-bond acceptors (Lipinski definition) is 7. The lowest BCUT2D eigenvalue weighted by molar-refractivity contribution is -0.127. The predicted octanol–water partition coefficient (Wildman–Crippen LogP) is 3.01. The van der Waals surface area contributed by atoms with E-state index in [0.717, 1.165) is 49.6 Å². The molecule has 2 aromatic rings. The zero-order valence-electron chi connectivity index (χ0n) is 18.8. The highest BCUT2D eigenvalue weighted by atomic mass is 16.3. The molecule has 1 aliphatic heterocycles. The summed E-state index contributed by atoms with van der Waals surface area (Å²) < 4.78 is 0. The predicted molar refractivity (Wildman–Crippen MR) is 128 cm³/mol. The van der Waals surface area contributed by atoms with Crippen molar-refractivity contribution in [3.8, 4) is 0 Å². The van der Waals surface area contributed by atoms with Crippen molar-refractivity contribution >= 4 is 23.4 Å². The van der Waals surface area contributed by atoms with Crippen molar-refractivity contribution in [2.45, 2.75) is 38.8 Å². The topological polar surface area (TPSA) is 93.6 Å². The van der Waals surface area contributed by atoms with Crippen LogP contribution in [-0.4, -0.2) is 69.6 Å². The Kier molecular flexibility index (Phi) is 9.01. The fourth-order valence-corrected chi connectivity index (χ4v) is 4.00. The van der Waals surface area contributed by atoms with E-state index in [1.807, 2.05) is 29.2 Å². The quantitative estimate of drug-likeness (QED) is 0.464. The van der Waals surface area contributed by atoms with Crippen LogP contribution in [0.2, 0.25) is 0 Å². The number of aromatic nitrogens is 2. The number of nitrogens with zero attached hydrogens (tertiary/aromatic N) is 4. The van der Waals surface area contributed by atoms with Crippen LogP contribution in [0.1, 0.15) is 31.7 Å². The number of aliphatic hydroxyl groups excluding tert-OH is 1. The standard InChI is InChI=1S/C24H34N6O2/c1-3-11-29(13-14-31)17-19-15-22(26-20-8-7-12-30(18-20)24(32)4-2)28-23(16-19)27-21-9-5-6-10-25-21/h4-6,9-10,15-16,20,31H,2-3,7-8,11-14,17-18H2,1H3,(H2,25,26,27,28)/t20-/m0/s1. The van der Waals surface area contributed by atoms with E-state index in [4.69, 9.17) is 4.98 Å². The summed E-state index contributed by atoms with van der Waals surface area (Å²) in [5, 5.41) is 16.2. The first-order valence-corrected chi connectivity index (χ1v) is 11.3. The van der Waals surface area contributed by atoms with Gasteiger partial charge in [0.2, 0.25) is 5.91 Å². The summed E-state index contributed by atoms with van der Waals surface area (Å²) in [6.07, 6.45) is 6.05. The van der Waals surface area contributed by atoms with E-state index in [9.17, 15) is 9.90 Å².